The van der Waals surface area contributed by atoms with Gasteiger partial charge in [-0.3, -0.25) is 4.79 Å². The van der Waals surface area contributed by atoms with Crippen molar-refractivity contribution in [2.24, 2.45) is 0 Å². The zero-order chi connectivity index (χ0) is 32.9. The summed E-state index contributed by atoms with van der Waals surface area (Å²) in [5.74, 6) is 0.0592. The highest BCUT2D eigenvalue weighted by Crippen LogP contribution is 2.42. The second kappa shape index (κ2) is 11.6. The molecule has 0 N–H and O–H groups in total. The first kappa shape index (κ1) is 30.0. The summed E-state index contributed by atoms with van der Waals surface area (Å²) in [7, 11) is 0. The molecule has 1 heterocycles. The number of allylic oxidation sites excluding steroid dienone is 2. The summed E-state index contributed by atoms with van der Waals surface area (Å²) in [5, 5.41) is 4.87. The van der Waals surface area contributed by atoms with Crippen LogP contribution in [-0.4, -0.2) is 10.4 Å². The summed E-state index contributed by atoms with van der Waals surface area (Å²) in [6, 6.07) is 42.6. The lowest BCUT2D eigenvalue weighted by Gasteiger charge is -2.23. The Labute approximate surface area is 276 Å². The van der Waals surface area contributed by atoms with Crippen molar-refractivity contribution in [2.45, 2.75) is 26.2 Å². The highest BCUT2D eigenvalue weighted by Gasteiger charge is 2.28. The summed E-state index contributed by atoms with van der Waals surface area (Å²) >= 11 is 0. The third-order valence-electron chi connectivity index (χ3n) is 9.22. The fraction of sp³-hybridized carbons (Fsp3) is 0.0889. The normalized spacial score (nSPS) is 12.4. The minimum absolute atomic E-state index is 0.0592. The predicted molar refractivity (Wildman–Crippen MR) is 201 cm³/mol. The Morgan fingerprint density at radius 1 is 0.596 bits per heavy atom. The molecule has 1 aliphatic rings. The highest BCUT2D eigenvalue weighted by atomic mass is 16.1. The standard InChI is InChI=1S/C41H31NO.C4H6/c1-25-29-12-5-6-14-33(29)40(43)34-16-10-15-31(39(25)34)27-19-21-30-26(23-27)11-9-18-36(30)42-37-17-8-7-13-32(37)35-24-28(41(2,3)4)20-22-38(35)42;1-3-4-2/h5-24H,1H2,2-4H3;3-4H,1-2H2. The van der Waals surface area contributed by atoms with Gasteiger partial charge >= 0.3 is 0 Å². The number of hydrogen-bond acceptors (Lipinski definition) is 1. The van der Waals surface area contributed by atoms with Crippen molar-refractivity contribution in [3.63, 3.8) is 0 Å². The monoisotopic (exact) mass is 607 g/mol. The van der Waals surface area contributed by atoms with E-state index in [9.17, 15) is 4.79 Å². The number of rotatable bonds is 3. The molecule has 0 radical (unpaired) electrons. The molecule has 0 aliphatic heterocycles. The van der Waals surface area contributed by atoms with Gasteiger partial charge in [-0.2, -0.15) is 0 Å². The van der Waals surface area contributed by atoms with Crippen molar-refractivity contribution in [2.75, 3.05) is 0 Å². The lowest BCUT2D eigenvalue weighted by Crippen LogP contribution is -2.14. The van der Waals surface area contributed by atoms with Gasteiger partial charge < -0.3 is 4.57 Å². The van der Waals surface area contributed by atoms with Gasteiger partial charge in [-0.15, -0.1) is 0 Å². The molecule has 2 nitrogen and oxygen atoms in total. The van der Waals surface area contributed by atoms with Gasteiger partial charge in [0.1, 0.15) is 0 Å². The minimum Gasteiger partial charge on any atom is -0.309 e. The first-order valence-corrected chi connectivity index (χ1v) is 16.0. The maximum Gasteiger partial charge on any atom is 0.194 e. The Morgan fingerprint density at radius 2 is 1.26 bits per heavy atom. The molecule has 8 rings (SSSR count). The first-order chi connectivity index (χ1) is 22.7. The van der Waals surface area contributed by atoms with Gasteiger partial charge in [0.2, 0.25) is 0 Å². The van der Waals surface area contributed by atoms with E-state index in [-0.39, 0.29) is 11.2 Å². The molecule has 0 atom stereocenters. The van der Waals surface area contributed by atoms with E-state index in [0.717, 1.165) is 50.0 Å². The van der Waals surface area contributed by atoms with E-state index < -0.39 is 0 Å². The Hall–Kier alpha value is -5.73. The first-order valence-electron chi connectivity index (χ1n) is 16.0. The van der Waals surface area contributed by atoms with Crippen LogP contribution in [0.2, 0.25) is 0 Å². The molecule has 0 fully saturated rings. The van der Waals surface area contributed by atoms with Crippen LogP contribution in [0.3, 0.4) is 0 Å². The van der Waals surface area contributed by atoms with E-state index in [1.807, 2.05) is 36.4 Å². The van der Waals surface area contributed by atoms with Crippen molar-refractivity contribution in [3.05, 3.63) is 181 Å². The third kappa shape index (κ3) is 4.94. The van der Waals surface area contributed by atoms with E-state index >= 15 is 0 Å². The Morgan fingerprint density at radius 3 is 2.02 bits per heavy atom. The fourth-order valence-corrected chi connectivity index (χ4v) is 6.86. The van der Waals surface area contributed by atoms with Crippen molar-refractivity contribution in [1.29, 1.82) is 0 Å². The smallest absolute Gasteiger partial charge is 0.194 e. The van der Waals surface area contributed by atoms with Gasteiger partial charge in [0.05, 0.1) is 16.7 Å². The Balaban J connectivity index is 0.000000833. The summed E-state index contributed by atoms with van der Waals surface area (Å²) < 4.78 is 2.40. The van der Waals surface area contributed by atoms with E-state index in [2.05, 4.69) is 130 Å². The van der Waals surface area contributed by atoms with Crippen LogP contribution in [0.4, 0.5) is 0 Å². The molecule has 0 amide bonds. The van der Waals surface area contributed by atoms with Crippen LogP contribution in [0.1, 0.15) is 53.4 Å². The average molecular weight is 608 g/mol. The van der Waals surface area contributed by atoms with Gasteiger partial charge in [-0.25, -0.2) is 0 Å². The highest BCUT2D eigenvalue weighted by molar-refractivity contribution is 6.20. The summed E-state index contributed by atoms with van der Waals surface area (Å²) in [5.41, 5.74) is 11.3. The minimum atomic E-state index is 0.0592. The molecular weight excluding hydrogens is 571 g/mol. The fourth-order valence-electron chi connectivity index (χ4n) is 6.86. The van der Waals surface area contributed by atoms with E-state index in [1.54, 1.807) is 12.2 Å². The van der Waals surface area contributed by atoms with Crippen LogP contribution >= 0.6 is 0 Å². The van der Waals surface area contributed by atoms with Gasteiger partial charge in [0.25, 0.3) is 0 Å². The zero-order valence-corrected chi connectivity index (χ0v) is 27.2. The number of nitrogens with zero attached hydrogens (tertiary/aromatic N) is 1. The van der Waals surface area contributed by atoms with Crippen LogP contribution < -0.4 is 0 Å². The summed E-state index contributed by atoms with van der Waals surface area (Å²) in [6.45, 7) is 18.0. The van der Waals surface area contributed by atoms with Crippen LogP contribution in [0.15, 0.2) is 153 Å². The van der Waals surface area contributed by atoms with Crippen LogP contribution in [-0.2, 0) is 5.41 Å². The molecule has 228 valence electrons. The Kier molecular flexibility index (Phi) is 7.37. The summed E-state index contributed by atoms with van der Waals surface area (Å²) in [6.07, 6.45) is 3.28. The number of para-hydroxylation sites is 1. The molecule has 0 spiro atoms. The molecular formula is C45H37NO. The number of hydrogen-bond donors (Lipinski definition) is 0. The van der Waals surface area contributed by atoms with Crippen molar-refractivity contribution in [3.8, 4) is 16.8 Å². The van der Waals surface area contributed by atoms with Gasteiger partial charge in [-0.05, 0) is 69.0 Å². The largest absolute Gasteiger partial charge is 0.309 e. The molecule has 1 aromatic heterocycles. The number of carbonyl (C=O) groups is 1. The zero-order valence-electron chi connectivity index (χ0n) is 27.2. The second-order valence-electron chi connectivity index (χ2n) is 13.1. The number of aromatic nitrogens is 1. The van der Waals surface area contributed by atoms with Gasteiger partial charge in [0, 0.05) is 32.8 Å². The summed E-state index contributed by atoms with van der Waals surface area (Å²) in [4.78, 5) is 13.5. The maximum absolute atomic E-state index is 13.5. The molecule has 0 saturated heterocycles. The van der Waals surface area contributed by atoms with Crippen molar-refractivity contribution < 1.29 is 4.79 Å². The van der Waals surface area contributed by atoms with Gasteiger partial charge in [0.15, 0.2) is 5.78 Å². The maximum atomic E-state index is 13.5. The molecule has 47 heavy (non-hydrogen) atoms. The number of ketones is 1. The molecule has 0 saturated carbocycles. The van der Waals surface area contributed by atoms with E-state index in [1.165, 1.54) is 32.8 Å². The Bertz CT molecular complexity index is 2400. The topological polar surface area (TPSA) is 22.0 Å². The molecule has 0 bridgehead atoms. The molecule has 0 unspecified atom stereocenters. The second-order valence-corrected chi connectivity index (χ2v) is 13.1. The lowest BCUT2D eigenvalue weighted by atomic mass is 9.78. The van der Waals surface area contributed by atoms with E-state index in [0.29, 0.717) is 0 Å². The number of benzene rings is 6. The van der Waals surface area contributed by atoms with E-state index in [4.69, 9.17) is 0 Å². The molecule has 7 aromatic rings. The third-order valence-corrected chi connectivity index (χ3v) is 9.22. The molecule has 6 aromatic carbocycles. The SMILES string of the molecule is C=C1c2ccccc2C(=O)c2cccc(-c3ccc4c(-n5c6ccccc6c6cc(C(C)(C)C)ccc65)cccc4c3)c21.C=CC=C. The average Bonchev–Trinajstić information content (AvgIpc) is 3.43. The van der Waals surface area contributed by atoms with Crippen LogP contribution in [0.25, 0.3) is 55.0 Å². The number of carbonyl (C=O) groups excluding carboxylic acids is 1. The van der Waals surface area contributed by atoms with Crippen molar-refractivity contribution >= 4 is 43.9 Å². The number of fused-ring (bicyclic) bond motifs is 6. The van der Waals surface area contributed by atoms with Crippen LogP contribution in [0, 0.1) is 0 Å². The quantitative estimate of drug-likeness (QED) is 0.183. The van der Waals surface area contributed by atoms with Crippen LogP contribution in [0.5, 0.6) is 0 Å². The molecule has 1 aliphatic carbocycles. The van der Waals surface area contributed by atoms with Gasteiger partial charge in [-0.1, -0.05) is 144 Å². The molecule has 2 heteroatoms. The lowest BCUT2D eigenvalue weighted by molar-refractivity contribution is 0.103. The predicted octanol–water partition coefficient (Wildman–Crippen LogP) is 11.9. The van der Waals surface area contributed by atoms with Crippen molar-refractivity contribution in [1.82, 2.24) is 4.57 Å².